The molecule has 2 heterocycles. The van der Waals surface area contributed by atoms with Crippen LogP contribution in [-0.4, -0.2) is 10.1 Å². The molecule has 0 aromatic carbocycles. The van der Waals surface area contributed by atoms with Crippen molar-refractivity contribution in [3.63, 3.8) is 0 Å². The fourth-order valence-electron chi connectivity index (χ4n) is 1.41. The van der Waals surface area contributed by atoms with E-state index >= 15 is 0 Å². The Hall–Kier alpha value is -1.36. The third kappa shape index (κ3) is 2.41. The van der Waals surface area contributed by atoms with Crippen LogP contribution in [0.4, 0.5) is 5.82 Å². The Morgan fingerprint density at radius 3 is 2.75 bits per heavy atom. The number of hydrogen-bond acceptors (Lipinski definition) is 4. The lowest BCUT2D eigenvalue weighted by atomic mass is 10.2. The second-order valence-corrected chi connectivity index (χ2v) is 4.43. The molecule has 0 amide bonds. The number of hydrogen-bond donors (Lipinski definition) is 1. The minimum absolute atomic E-state index is 0.676. The monoisotopic (exact) mass is 281 g/mol. The maximum absolute atomic E-state index is 5.08. The topological polar surface area (TPSA) is 51.0 Å². The normalized spacial score (nSPS) is 10.4. The first kappa shape index (κ1) is 11.1. The molecule has 0 aliphatic rings. The number of pyridine rings is 1. The van der Waals surface area contributed by atoms with E-state index < -0.39 is 0 Å². The molecule has 0 bridgehead atoms. The zero-order valence-corrected chi connectivity index (χ0v) is 10.7. The van der Waals surface area contributed by atoms with E-state index in [1.807, 2.05) is 26.0 Å². The van der Waals surface area contributed by atoms with Gasteiger partial charge in [-0.25, -0.2) is 4.98 Å². The molecule has 0 saturated carbocycles. The highest BCUT2D eigenvalue weighted by Crippen LogP contribution is 2.15. The molecular formula is C11H12BrN3O. The van der Waals surface area contributed by atoms with Crippen LogP contribution in [0.5, 0.6) is 0 Å². The highest BCUT2D eigenvalue weighted by molar-refractivity contribution is 9.10. The molecule has 0 spiro atoms. The standard InChI is InChI=1S/C11H12BrN3O/c1-7-10(8(2)16-15-7)6-14-11-4-3-9(12)5-13-11/h3-5H,6H2,1-2H3,(H,13,14). The van der Waals surface area contributed by atoms with E-state index in [1.54, 1.807) is 6.20 Å². The average molecular weight is 282 g/mol. The summed E-state index contributed by atoms with van der Waals surface area (Å²) in [6.07, 6.45) is 1.76. The SMILES string of the molecule is Cc1noc(C)c1CNc1ccc(Br)cn1. The molecule has 2 aromatic heterocycles. The Kier molecular flexibility index (Phi) is 3.24. The van der Waals surface area contributed by atoms with E-state index in [-0.39, 0.29) is 0 Å². The quantitative estimate of drug-likeness (QED) is 0.940. The summed E-state index contributed by atoms with van der Waals surface area (Å²) in [5, 5.41) is 7.12. The third-order valence-electron chi connectivity index (χ3n) is 2.35. The van der Waals surface area contributed by atoms with Crippen LogP contribution in [0.25, 0.3) is 0 Å². The van der Waals surface area contributed by atoms with E-state index in [2.05, 4.69) is 31.4 Å². The van der Waals surface area contributed by atoms with Crippen LogP contribution in [-0.2, 0) is 6.54 Å². The molecule has 2 aromatic rings. The zero-order valence-electron chi connectivity index (χ0n) is 9.12. The van der Waals surface area contributed by atoms with Gasteiger partial charge in [0.05, 0.1) is 5.69 Å². The van der Waals surface area contributed by atoms with E-state index in [9.17, 15) is 0 Å². The third-order valence-corrected chi connectivity index (χ3v) is 2.82. The van der Waals surface area contributed by atoms with Gasteiger partial charge in [-0.3, -0.25) is 0 Å². The van der Waals surface area contributed by atoms with Crippen molar-refractivity contribution in [2.24, 2.45) is 0 Å². The van der Waals surface area contributed by atoms with Gasteiger partial charge < -0.3 is 9.84 Å². The molecule has 0 unspecified atom stereocenters. The van der Waals surface area contributed by atoms with Crippen LogP contribution in [0.1, 0.15) is 17.0 Å². The molecule has 1 N–H and O–H groups in total. The molecule has 0 atom stereocenters. The molecule has 84 valence electrons. The second-order valence-electron chi connectivity index (χ2n) is 3.52. The number of nitrogens with one attached hydrogen (secondary N) is 1. The lowest BCUT2D eigenvalue weighted by Crippen LogP contribution is -2.02. The molecular weight excluding hydrogens is 270 g/mol. The Morgan fingerprint density at radius 1 is 1.38 bits per heavy atom. The van der Waals surface area contributed by atoms with Gasteiger partial charge in [0.15, 0.2) is 0 Å². The van der Waals surface area contributed by atoms with Crippen molar-refractivity contribution in [3.8, 4) is 0 Å². The van der Waals surface area contributed by atoms with Gasteiger partial charge in [0.25, 0.3) is 0 Å². The minimum Gasteiger partial charge on any atom is -0.366 e. The predicted octanol–water partition coefficient (Wildman–Crippen LogP) is 3.06. The van der Waals surface area contributed by atoms with Crippen LogP contribution in [0.3, 0.4) is 0 Å². The lowest BCUT2D eigenvalue weighted by molar-refractivity contribution is 0.392. The van der Waals surface area contributed by atoms with Crippen molar-refractivity contribution in [1.82, 2.24) is 10.1 Å². The maximum atomic E-state index is 5.08. The molecule has 0 fully saturated rings. The van der Waals surface area contributed by atoms with Crippen LogP contribution < -0.4 is 5.32 Å². The minimum atomic E-state index is 0.676. The second kappa shape index (κ2) is 4.65. The summed E-state index contributed by atoms with van der Waals surface area (Å²) in [6, 6.07) is 3.87. The Labute approximate surface area is 102 Å². The molecule has 0 aliphatic heterocycles. The molecule has 4 nitrogen and oxygen atoms in total. The van der Waals surface area contributed by atoms with E-state index in [0.717, 1.165) is 27.3 Å². The number of rotatable bonds is 3. The number of nitrogens with zero attached hydrogens (tertiary/aromatic N) is 2. The van der Waals surface area contributed by atoms with Gasteiger partial charge in [-0.15, -0.1) is 0 Å². The van der Waals surface area contributed by atoms with Crippen LogP contribution >= 0.6 is 15.9 Å². The van der Waals surface area contributed by atoms with E-state index in [1.165, 1.54) is 0 Å². The molecule has 2 rings (SSSR count). The first-order valence-corrected chi connectivity index (χ1v) is 5.73. The zero-order chi connectivity index (χ0) is 11.5. The van der Waals surface area contributed by atoms with Gasteiger partial charge in [0.1, 0.15) is 11.6 Å². The van der Waals surface area contributed by atoms with E-state index in [0.29, 0.717) is 6.54 Å². The summed E-state index contributed by atoms with van der Waals surface area (Å²) < 4.78 is 6.05. The summed E-state index contributed by atoms with van der Waals surface area (Å²) in [5.74, 6) is 1.69. The average Bonchev–Trinajstić information content (AvgIpc) is 2.59. The molecule has 16 heavy (non-hydrogen) atoms. The molecule has 0 aliphatic carbocycles. The predicted molar refractivity (Wildman–Crippen MR) is 65.2 cm³/mol. The summed E-state index contributed by atoms with van der Waals surface area (Å²) in [5.41, 5.74) is 2.01. The summed E-state index contributed by atoms with van der Waals surface area (Å²) >= 11 is 3.34. The van der Waals surface area contributed by atoms with Gasteiger partial charge in [-0.1, -0.05) is 5.16 Å². The van der Waals surface area contributed by atoms with Crippen molar-refractivity contribution in [1.29, 1.82) is 0 Å². The number of aromatic nitrogens is 2. The Balaban J connectivity index is 2.05. The largest absolute Gasteiger partial charge is 0.366 e. The van der Waals surface area contributed by atoms with Gasteiger partial charge in [-0.05, 0) is 41.9 Å². The molecule has 5 heteroatoms. The first-order valence-electron chi connectivity index (χ1n) is 4.94. The summed E-state index contributed by atoms with van der Waals surface area (Å²) in [6.45, 7) is 4.52. The van der Waals surface area contributed by atoms with Crippen LogP contribution in [0.2, 0.25) is 0 Å². The van der Waals surface area contributed by atoms with Crippen molar-refractivity contribution in [2.45, 2.75) is 20.4 Å². The fourth-order valence-corrected chi connectivity index (χ4v) is 1.65. The summed E-state index contributed by atoms with van der Waals surface area (Å²) in [7, 11) is 0. The molecule has 0 radical (unpaired) electrons. The van der Waals surface area contributed by atoms with Crippen LogP contribution in [0, 0.1) is 13.8 Å². The van der Waals surface area contributed by atoms with Gasteiger partial charge in [0.2, 0.25) is 0 Å². The van der Waals surface area contributed by atoms with Gasteiger partial charge in [0, 0.05) is 22.8 Å². The van der Waals surface area contributed by atoms with Gasteiger partial charge >= 0.3 is 0 Å². The fraction of sp³-hybridized carbons (Fsp3) is 0.273. The van der Waals surface area contributed by atoms with Crippen molar-refractivity contribution in [3.05, 3.63) is 39.8 Å². The van der Waals surface area contributed by atoms with Crippen molar-refractivity contribution < 1.29 is 4.52 Å². The number of anilines is 1. The number of halogens is 1. The van der Waals surface area contributed by atoms with Crippen LogP contribution in [0.15, 0.2) is 27.3 Å². The van der Waals surface area contributed by atoms with Gasteiger partial charge in [-0.2, -0.15) is 0 Å². The van der Waals surface area contributed by atoms with Crippen molar-refractivity contribution in [2.75, 3.05) is 5.32 Å². The van der Waals surface area contributed by atoms with E-state index in [4.69, 9.17) is 4.52 Å². The molecule has 0 saturated heterocycles. The lowest BCUT2D eigenvalue weighted by Gasteiger charge is -2.04. The highest BCUT2D eigenvalue weighted by Gasteiger charge is 2.08. The maximum Gasteiger partial charge on any atom is 0.138 e. The Bertz CT molecular complexity index is 459. The smallest absolute Gasteiger partial charge is 0.138 e. The van der Waals surface area contributed by atoms with Crippen molar-refractivity contribution >= 4 is 21.7 Å². The first-order chi connectivity index (χ1) is 7.66. The Morgan fingerprint density at radius 2 is 2.19 bits per heavy atom. The highest BCUT2D eigenvalue weighted by atomic mass is 79.9. The number of aryl methyl sites for hydroxylation is 2. The summed E-state index contributed by atoms with van der Waals surface area (Å²) in [4.78, 5) is 4.23.